The Morgan fingerprint density at radius 1 is 1.64 bits per heavy atom. The predicted molar refractivity (Wildman–Crippen MR) is 64.7 cm³/mol. The summed E-state index contributed by atoms with van der Waals surface area (Å²) in [5.74, 6) is 0. The Kier molecular flexibility index (Phi) is 4.59. The molecule has 3 N–H and O–H groups in total. The minimum atomic E-state index is 0.686. The van der Waals surface area contributed by atoms with E-state index >= 15 is 0 Å². The number of anilines is 2. The molecule has 0 radical (unpaired) electrons. The molecule has 4 heteroatoms. The fourth-order valence-corrected chi connectivity index (χ4v) is 1.45. The molecule has 0 saturated carbocycles. The summed E-state index contributed by atoms with van der Waals surface area (Å²) >= 11 is 1.88. The molecule has 0 bridgehead atoms. The Labute approximate surface area is 89.5 Å². The molecule has 0 aliphatic carbocycles. The maximum absolute atomic E-state index is 5.74. The van der Waals surface area contributed by atoms with E-state index in [0.29, 0.717) is 10.9 Å². The van der Waals surface area contributed by atoms with E-state index in [0.717, 1.165) is 18.7 Å². The van der Waals surface area contributed by atoms with Crippen molar-refractivity contribution >= 4 is 23.1 Å². The van der Waals surface area contributed by atoms with E-state index in [9.17, 15) is 0 Å². The monoisotopic (exact) mass is 211 g/mol. The number of thioether (sulfide) groups is 1. The molecule has 1 heterocycles. The summed E-state index contributed by atoms with van der Waals surface area (Å²) in [7, 11) is 0. The van der Waals surface area contributed by atoms with Crippen LogP contribution in [0.3, 0.4) is 0 Å². The average Bonchev–Trinajstić information content (AvgIpc) is 2.20. The van der Waals surface area contributed by atoms with Crippen molar-refractivity contribution in [2.45, 2.75) is 18.6 Å². The van der Waals surface area contributed by atoms with Crippen molar-refractivity contribution in [3.05, 3.63) is 18.5 Å². The zero-order valence-corrected chi connectivity index (χ0v) is 9.47. The quantitative estimate of drug-likeness (QED) is 0.784. The summed E-state index contributed by atoms with van der Waals surface area (Å²) in [5, 5.41) is 3.99. The Bertz CT molecular complexity index is 278. The molecule has 3 nitrogen and oxygen atoms in total. The lowest BCUT2D eigenvalue weighted by atomic mass is 10.3. The van der Waals surface area contributed by atoms with Gasteiger partial charge in [0.1, 0.15) is 0 Å². The van der Waals surface area contributed by atoms with Gasteiger partial charge in [0.2, 0.25) is 0 Å². The smallest absolute Gasteiger partial charge is 0.0736 e. The van der Waals surface area contributed by atoms with Crippen molar-refractivity contribution in [3.8, 4) is 0 Å². The van der Waals surface area contributed by atoms with Gasteiger partial charge in [-0.3, -0.25) is 4.98 Å². The molecule has 1 aromatic heterocycles. The van der Waals surface area contributed by atoms with Crippen molar-refractivity contribution in [1.82, 2.24) is 4.98 Å². The van der Waals surface area contributed by atoms with Gasteiger partial charge in [-0.05, 0) is 18.7 Å². The summed E-state index contributed by atoms with van der Waals surface area (Å²) < 4.78 is 0. The zero-order chi connectivity index (χ0) is 10.4. The third-order valence-corrected chi connectivity index (χ3v) is 3.16. The van der Waals surface area contributed by atoms with E-state index in [1.54, 1.807) is 12.4 Å². The van der Waals surface area contributed by atoms with E-state index in [-0.39, 0.29) is 0 Å². The van der Waals surface area contributed by atoms with Crippen molar-refractivity contribution in [3.63, 3.8) is 0 Å². The highest BCUT2D eigenvalue weighted by atomic mass is 32.2. The van der Waals surface area contributed by atoms with Crippen LogP contribution < -0.4 is 11.1 Å². The Hall–Kier alpha value is -0.900. The minimum absolute atomic E-state index is 0.686. The molecule has 1 rings (SSSR count). The highest BCUT2D eigenvalue weighted by molar-refractivity contribution is 7.99. The Morgan fingerprint density at radius 3 is 3.07 bits per heavy atom. The van der Waals surface area contributed by atoms with Gasteiger partial charge in [-0.25, -0.2) is 0 Å². The van der Waals surface area contributed by atoms with Gasteiger partial charge >= 0.3 is 0 Å². The van der Waals surface area contributed by atoms with E-state index in [1.165, 1.54) is 0 Å². The molecule has 0 fully saturated rings. The van der Waals surface area contributed by atoms with Crippen molar-refractivity contribution in [1.29, 1.82) is 0 Å². The largest absolute Gasteiger partial charge is 0.396 e. The van der Waals surface area contributed by atoms with Gasteiger partial charge in [-0.1, -0.05) is 6.92 Å². The van der Waals surface area contributed by atoms with Gasteiger partial charge in [0.15, 0.2) is 0 Å². The molecule has 1 aromatic rings. The third kappa shape index (κ3) is 3.46. The summed E-state index contributed by atoms with van der Waals surface area (Å²) in [6.45, 7) is 3.18. The van der Waals surface area contributed by atoms with Crippen LogP contribution in [0.1, 0.15) is 13.3 Å². The molecule has 0 saturated heterocycles. The van der Waals surface area contributed by atoms with Crippen LogP contribution in [0.2, 0.25) is 0 Å². The highest BCUT2D eigenvalue weighted by Gasteiger charge is 2.00. The zero-order valence-electron chi connectivity index (χ0n) is 8.66. The lowest BCUT2D eigenvalue weighted by molar-refractivity contribution is 0.854. The maximum Gasteiger partial charge on any atom is 0.0736 e. The standard InChI is InChI=1S/C10H17N3S/c1-8(14-2)3-6-13-10-4-5-12-7-9(10)11/h4-5,7-8H,3,6,11H2,1-2H3,(H,12,13). The number of pyridine rings is 1. The second-order valence-corrected chi connectivity index (χ2v) is 4.50. The second kappa shape index (κ2) is 5.75. The lowest BCUT2D eigenvalue weighted by Gasteiger charge is -2.11. The van der Waals surface area contributed by atoms with Gasteiger partial charge in [-0.15, -0.1) is 0 Å². The average molecular weight is 211 g/mol. The lowest BCUT2D eigenvalue weighted by Crippen LogP contribution is -2.09. The van der Waals surface area contributed by atoms with Gasteiger partial charge in [0.25, 0.3) is 0 Å². The SMILES string of the molecule is CSC(C)CCNc1ccncc1N. The number of nitrogens with two attached hydrogens (primary N) is 1. The molecule has 0 aromatic carbocycles. The summed E-state index contributed by atoms with van der Waals surface area (Å²) in [5.41, 5.74) is 7.43. The minimum Gasteiger partial charge on any atom is -0.396 e. The Balaban J connectivity index is 2.35. The molecule has 0 amide bonds. The van der Waals surface area contributed by atoms with Crippen LogP contribution in [-0.4, -0.2) is 23.0 Å². The first-order valence-electron chi connectivity index (χ1n) is 4.70. The number of aromatic nitrogens is 1. The van der Waals surface area contributed by atoms with Gasteiger partial charge < -0.3 is 11.1 Å². The van der Waals surface area contributed by atoms with Crippen LogP contribution in [-0.2, 0) is 0 Å². The Morgan fingerprint density at radius 2 is 2.43 bits per heavy atom. The van der Waals surface area contributed by atoms with Crippen LogP contribution in [0.25, 0.3) is 0 Å². The van der Waals surface area contributed by atoms with Crippen LogP contribution in [0.5, 0.6) is 0 Å². The van der Waals surface area contributed by atoms with Crippen molar-refractivity contribution in [2.24, 2.45) is 0 Å². The summed E-state index contributed by atoms with van der Waals surface area (Å²) in [4.78, 5) is 3.94. The number of nitrogen functional groups attached to an aromatic ring is 1. The molecule has 1 unspecified atom stereocenters. The topological polar surface area (TPSA) is 50.9 Å². The van der Waals surface area contributed by atoms with E-state index in [1.807, 2.05) is 17.8 Å². The van der Waals surface area contributed by atoms with Gasteiger partial charge in [0, 0.05) is 18.0 Å². The first-order chi connectivity index (χ1) is 6.74. The van der Waals surface area contributed by atoms with Crippen LogP contribution in [0.4, 0.5) is 11.4 Å². The molecule has 14 heavy (non-hydrogen) atoms. The number of rotatable bonds is 5. The van der Waals surface area contributed by atoms with Crippen molar-refractivity contribution < 1.29 is 0 Å². The van der Waals surface area contributed by atoms with Crippen LogP contribution >= 0.6 is 11.8 Å². The fourth-order valence-electron chi connectivity index (χ4n) is 1.10. The molecular weight excluding hydrogens is 194 g/mol. The first kappa shape index (κ1) is 11.2. The number of nitrogens with zero attached hydrogens (tertiary/aromatic N) is 1. The maximum atomic E-state index is 5.74. The molecule has 0 aliphatic heterocycles. The highest BCUT2D eigenvalue weighted by Crippen LogP contribution is 2.16. The third-order valence-electron chi connectivity index (χ3n) is 2.12. The predicted octanol–water partition coefficient (Wildman–Crippen LogP) is 2.22. The molecule has 0 aliphatic rings. The molecule has 1 atom stereocenters. The van der Waals surface area contributed by atoms with E-state index in [2.05, 4.69) is 23.5 Å². The number of hydrogen-bond donors (Lipinski definition) is 2. The first-order valence-corrected chi connectivity index (χ1v) is 5.99. The van der Waals surface area contributed by atoms with Crippen LogP contribution in [0, 0.1) is 0 Å². The second-order valence-electron chi connectivity index (χ2n) is 3.22. The van der Waals surface area contributed by atoms with E-state index < -0.39 is 0 Å². The number of nitrogens with one attached hydrogen (secondary N) is 1. The summed E-state index contributed by atoms with van der Waals surface area (Å²) in [6, 6.07) is 1.90. The van der Waals surface area contributed by atoms with Gasteiger partial charge in [-0.2, -0.15) is 11.8 Å². The van der Waals surface area contributed by atoms with Gasteiger partial charge in [0.05, 0.1) is 17.6 Å². The van der Waals surface area contributed by atoms with E-state index in [4.69, 9.17) is 5.73 Å². The molecule has 78 valence electrons. The van der Waals surface area contributed by atoms with Crippen molar-refractivity contribution in [2.75, 3.05) is 23.9 Å². The summed E-state index contributed by atoms with van der Waals surface area (Å²) in [6.07, 6.45) is 6.69. The fraction of sp³-hybridized carbons (Fsp3) is 0.500. The van der Waals surface area contributed by atoms with Crippen LogP contribution in [0.15, 0.2) is 18.5 Å². The molecule has 0 spiro atoms. The normalized spacial score (nSPS) is 12.4. The number of hydrogen-bond acceptors (Lipinski definition) is 4. The molecular formula is C10H17N3S.